The molecule has 0 aromatic heterocycles. The lowest BCUT2D eigenvalue weighted by Crippen LogP contribution is -2.18. The van der Waals surface area contributed by atoms with E-state index in [0.717, 1.165) is 17.8 Å². The Hall–Kier alpha value is -0.720. The van der Waals surface area contributed by atoms with E-state index in [0.29, 0.717) is 0 Å². The summed E-state index contributed by atoms with van der Waals surface area (Å²) >= 11 is 0. The largest absolute Gasteiger partial charge is 0.375 e. The molecule has 0 atom stereocenters. The van der Waals surface area contributed by atoms with E-state index >= 15 is 0 Å². The van der Waals surface area contributed by atoms with Crippen LogP contribution >= 0.6 is 0 Å². The monoisotopic (exact) mass is 181 g/mol. The smallest absolute Gasteiger partial charge is 0.0314 e. The maximum atomic E-state index is 3.98. The lowest BCUT2D eigenvalue weighted by molar-refractivity contribution is 0.407. The summed E-state index contributed by atoms with van der Waals surface area (Å²) in [5, 5.41) is 0. The first-order valence-electron chi connectivity index (χ1n) is 5.15. The molecule has 0 saturated heterocycles. The van der Waals surface area contributed by atoms with Gasteiger partial charge in [0.05, 0.1) is 0 Å². The van der Waals surface area contributed by atoms with Crippen LogP contribution < -0.4 is 0 Å². The number of hydrogen-bond acceptors (Lipinski definition) is 1. The fourth-order valence-electron chi connectivity index (χ4n) is 1.24. The Labute approximate surface area is 83.1 Å². The zero-order valence-electron chi connectivity index (χ0n) is 9.40. The molecule has 0 aliphatic carbocycles. The van der Waals surface area contributed by atoms with Crippen molar-refractivity contribution in [3.63, 3.8) is 0 Å². The Morgan fingerprint density at radius 1 is 1.15 bits per heavy atom. The molecule has 0 saturated carbocycles. The van der Waals surface area contributed by atoms with Gasteiger partial charge in [-0.1, -0.05) is 39.3 Å². The summed E-state index contributed by atoms with van der Waals surface area (Å²) in [6.45, 7) is 13.2. The zero-order chi connectivity index (χ0) is 10.3. The summed E-state index contributed by atoms with van der Waals surface area (Å²) in [5.74, 6) is 0. The molecule has 0 aliphatic rings. The van der Waals surface area contributed by atoms with Gasteiger partial charge in [0.15, 0.2) is 0 Å². The molecule has 0 unspecified atom stereocenters. The van der Waals surface area contributed by atoms with Crippen LogP contribution in [0.4, 0.5) is 0 Å². The topological polar surface area (TPSA) is 3.24 Å². The van der Waals surface area contributed by atoms with Gasteiger partial charge in [0.25, 0.3) is 0 Å². The van der Waals surface area contributed by atoms with Crippen LogP contribution in [-0.4, -0.2) is 18.5 Å². The van der Waals surface area contributed by atoms with Gasteiger partial charge in [0, 0.05) is 19.3 Å². The lowest BCUT2D eigenvalue weighted by atomic mass is 10.2. The molecular formula is C12H23N. The van der Waals surface area contributed by atoms with Gasteiger partial charge in [-0.2, -0.15) is 0 Å². The Kier molecular flexibility index (Phi) is 6.38. The molecule has 0 amide bonds. The van der Waals surface area contributed by atoms with Gasteiger partial charge >= 0.3 is 0 Å². The van der Waals surface area contributed by atoms with Crippen LogP contribution in [0.3, 0.4) is 0 Å². The first-order chi connectivity index (χ1) is 6.09. The van der Waals surface area contributed by atoms with E-state index in [1.807, 2.05) is 6.92 Å². The number of allylic oxidation sites excluding steroid dienone is 1. The van der Waals surface area contributed by atoms with Crippen LogP contribution in [0.5, 0.6) is 0 Å². The molecule has 0 radical (unpaired) electrons. The number of rotatable bonds is 7. The van der Waals surface area contributed by atoms with E-state index < -0.39 is 0 Å². The molecule has 0 aromatic rings. The number of nitrogens with zero attached hydrogens (tertiary/aromatic N) is 1. The normalized spacial score (nSPS) is 9.77. The SMILES string of the molecule is C=C(C)C(=C)N(C)CCCCCC. The first-order valence-corrected chi connectivity index (χ1v) is 5.15. The Morgan fingerprint density at radius 3 is 2.23 bits per heavy atom. The van der Waals surface area contributed by atoms with Crippen molar-refractivity contribution in [1.29, 1.82) is 0 Å². The van der Waals surface area contributed by atoms with Crippen molar-refractivity contribution in [3.8, 4) is 0 Å². The highest BCUT2D eigenvalue weighted by Crippen LogP contribution is 2.10. The fraction of sp³-hybridized carbons (Fsp3) is 0.667. The van der Waals surface area contributed by atoms with Gasteiger partial charge in [-0.15, -0.1) is 0 Å². The minimum atomic E-state index is 1.07. The summed E-state index contributed by atoms with van der Waals surface area (Å²) in [5.41, 5.74) is 2.13. The number of likely N-dealkylation sites (N-methyl/N-ethyl adjacent to an activating group) is 1. The highest BCUT2D eigenvalue weighted by Gasteiger charge is 2.01. The average Bonchev–Trinajstić information content (AvgIpc) is 2.10. The third-order valence-electron chi connectivity index (χ3n) is 2.30. The molecule has 1 nitrogen and oxygen atoms in total. The van der Waals surface area contributed by atoms with Crippen molar-refractivity contribution >= 4 is 0 Å². The highest BCUT2D eigenvalue weighted by molar-refractivity contribution is 5.20. The van der Waals surface area contributed by atoms with E-state index in [2.05, 4.69) is 32.0 Å². The van der Waals surface area contributed by atoms with Crippen LogP contribution in [0.25, 0.3) is 0 Å². The summed E-state index contributed by atoms with van der Waals surface area (Å²) in [6.07, 6.45) is 5.22. The van der Waals surface area contributed by atoms with E-state index in [4.69, 9.17) is 0 Å². The second-order valence-electron chi connectivity index (χ2n) is 3.71. The van der Waals surface area contributed by atoms with Crippen molar-refractivity contribution in [2.45, 2.75) is 39.5 Å². The van der Waals surface area contributed by atoms with E-state index in [9.17, 15) is 0 Å². The lowest BCUT2D eigenvalue weighted by Gasteiger charge is -2.21. The van der Waals surface area contributed by atoms with Gasteiger partial charge in [0.1, 0.15) is 0 Å². The van der Waals surface area contributed by atoms with Gasteiger partial charge < -0.3 is 4.90 Å². The summed E-state index contributed by atoms with van der Waals surface area (Å²) in [4.78, 5) is 2.19. The Bertz CT molecular complexity index is 170. The second kappa shape index (κ2) is 6.76. The molecule has 0 spiro atoms. The van der Waals surface area contributed by atoms with Crippen LogP contribution in [0.2, 0.25) is 0 Å². The molecule has 0 aromatic carbocycles. The number of unbranched alkanes of at least 4 members (excludes halogenated alkanes) is 3. The van der Waals surface area contributed by atoms with E-state index in [1.165, 1.54) is 25.7 Å². The van der Waals surface area contributed by atoms with Crippen LogP contribution in [0.15, 0.2) is 24.4 Å². The van der Waals surface area contributed by atoms with Gasteiger partial charge in [0.2, 0.25) is 0 Å². The van der Waals surface area contributed by atoms with Gasteiger partial charge in [-0.25, -0.2) is 0 Å². The molecule has 0 heterocycles. The fourth-order valence-corrected chi connectivity index (χ4v) is 1.24. The third kappa shape index (κ3) is 5.51. The van der Waals surface area contributed by atoms with E-state index in [-0.39, 0.29) is 0 Å². The van der Waals surface area contributed by atoms with Crippen molar-refractivity contribution in [3.05, 3.63) is 24.4 Å². The summed E-state index contributed by atoms with van der Waals surface area (Å²) in [7, 11) is 2.09. The molecule has 1 heteroatoms. The van der Waals surface area contributed by atoms with Gasteiger partial charge in [-0.05, 0) is 18.9 Å². The molecule has 13 heavy (non-hydrogen) atoms. The predicted molar refractivity (Wildman–Crippen MR) is 60.7 cm³/mol. The molecule has 0 rings (SSSR count). The standard InChI is InChI=1S/C12H23N/c1-6-7-8-9-10-13(5)12(4)11(2)3/h2,4,6-10H2,1,3,5H3. The quantitative estimate of drug-likeness (QED) is 0.428. The zero-order valence-corrected chi connectivity index (χ0v) is 9.40. The molecule has 0 aliphatic heterocycles. The summed E-state index contributed by atoms with van der Waals surface area (Å²) < 4.78 is 0. The molecule has 76 valence electrons. The highest BCUT2D eigenvalue weighted by atomic mass is 15.1. The molecular weight excluding hydrogens is 158 g/mol. The average molecular weight is 181 g/mol. The first kappa shape index (κ1) is 12.3. The van der Waals surface area contributed by atoms with Crippen molar-refractivity contribution in [2.75, 3.05) is 13.6 Å². The second-order valence-corrected chi connectivity index (χ2v) is 3.71. The van der Waals surface area contributed by atoms with Crippen LogP contribution in [0.1, 0.15) is 39.5 Å². The molecule has 0 bridgehead atoms. The van der Waals surface area contributed by atoms with Crippen LogP contribution in [-0.2, 0) is 0 Å². The Morgan fingerprint density at radius 2 is 1.77 bits per heavy atom. The molecule has 0 fully saturated rings. The van der Waals surface area contributed by atoms with Crippen molar-refractivity contribution < 1.29 is 0 Å². The van der Waals surface area contributed by atoms with Crippen LogP contribution in [0, 0.1) is 0 Å². The third-order valence-corrected chi connectivity index (χ3v) is 2.30. The number of hydrogen-bond donors (Lipinski definition) is 0. The maximum absolute atomic E-state index is 3.98. The van der Waals surface area contributed by atoms with Crippen molar-refractivity contribution in [2.24, 2.45) is 0 Å². The maximum Gasteiger partial charge on any atom is 0.0314 e. The summed E-state index contributed by atoms with van der Waals surface area (Å²) in [6, 6.07) is 0. The van der Waals surface area contributed by atoms with E-state index in [1.54, 1.807) is 0 Å². The Balaban J connectivity index is 3.56. The minimum Gasteiger partial charge on any atom is -0.375 e. The van der Waals surface area contributed by atoms with Gasteiger partial charge in [-0.3, -0.25) is 0 Å². The minimum absolute atomic E-state index is 1.07. The van der Waals surface area contributed by atoms with Crippen molar-refractivity contribution in [1.82, 2.24) is 4.90 Å². The predicted octanol–water partition coefficient (Wildman–Crippen LogP) is 3.59. The molecule has 0 N–H and O–H groups in total.